The highest BCUT2D eigenvalue weighted by Crippen LogP contribution is 2.42. The van der Waals surface area contributed by atoms with Gasteiger partial charge in [0, 0.05) is 43.4 Å². The molecule has 0 aliphatic carbocycles. The van der Waals surface area contributed by atoms with E-state index in [0.717, 1.165) is 17.5 Å². The van der Waals surface area contributed by atoms with E-state index in [1.165, 1.54) is 6.92 Å². The lowest BCUT2D eigenvalue weighted by Crippen LogP contribution is -2.58. The van der Waals surface area contributed by atoms with E-state index in [2.05, 4.69) is 17.6 Å². The van der Waals surface area contributed by atoms with Gasteiger partial charge in [0.1, 0.15) is 29.7 Å². The summed E-state index contributed by atoms with van der Waals surface area (Å²) < 4.78 is 36.3. The Morgan fingerprint density at radius 1 is 0.964 bits per heavy atom. The number of hydrogen-bond acceptors (Lipinski definition) is 11. The topological polar surface area (TPSA) is 169 Å². The first-order valence-corrected chi connectivity index (χ1v) is 19.9. The third-order valence-corrected chi connectivity index (χ3v) is 12.1. The van der Waals surface area contributed by atoms with E-state index < -0.39 is 83.2 Å². The fourth-order valence-corrected chi connectivity index (χ4v) is 9.17. The molecule has 0 spiro atoms. The van der Waals surface area contributed by atoms with Gasteiger partial charge in [-0.2, -0.15) is 0 Å². The van der Waals surface area contributed by atoms with Gasteiger partial charge in [-0.1, -0.05) is 59.7 Å². The summed E-state index contributed by atoms with van der Waals surface area (Å²) in [5.41, 5.74) is -0.663. The Morgan fingerprint density at radius 3 is 2.38 bits per heavy atom. The van der Waals surface area contributed by atoms with Gasteiger partial charge in [0.2, 0.25) is 5.91 Å². The van der Waals surface area contributed by atoms with Crippen molar-refractivity contribution in [2.75, 3.05) is 13.7 Å². The Labute approximate surface area is 330 Å². The second-order valence-corrected chi connectivity index (χ2v) is 17.1. The Bertz CT molecular complexity index is 1730. The Kier molecular flexibility index (Phi) is 13.5. The second-order valence-electron chi connectivity index (χ2n) is 17.1. The molecule has 1 aromatic heterocycles. The number of ketones is 2. The quantitative estimate of drug-likeness (QED) is 0.224. The fourth-order valence-electron chi connectivity index (χ4n) is 9.17. The van der Waals surface area contributed by atoms with E-state index in [1.807, 2.05) is 58.0 Å². The summed E-state index contributed by atoms with van der Waals surface area (Å²) in [4.78, 5) is 68.7. The fraction of sp³-hybridized carbons (Fsp3) is 0.651. The van der Waals surface area contributed by atoms with Gasteiger partial charge < -0.3 is 38.7 Å². The summed E-state index contributed by atoms with van der Waals surface area (Å²) in [7, 11) is 1.60. The number of carbonyl (C=O) groups is 5. The van der Waals surface area contributed by atoms with Gasteiger partial charge in [-0.15, -0.1) is 0 Å². The highest BCUT2D eigenvalue weighted by molar-refractivity contribution is 6.00. The molecule has 13 nitrogen and oxygen atoms in total. The van der Waals surface area contributed by atoms with Crippen molar-refractivity contribution in [1.29, 1.82) is 0 Å². The van der Waals surface area contributed by atoms with Crippen LogP contribution in [-0.2, 0) is 49.3 Å². The molecule has 3 aliphatic heterocycles. The molecule has 4 unspecified atom stereocenters. The lowest BCUT2D eigenvalue weighted by Gasteiger charge is -2.46. The maximum atomic E-state index is 14.3. The maximum absolute atomic E-state index is 14.3. The van der Waals surface area contributed by atoms with Crippen molar-refractivity contribution in [1.82, 2.24) is 10.6 Å². The van der Waals surface area contributed by atoms with Crippen LogP contribution in [0.3, 0.4) is 0 Å². The number of carbonyl (C=O) groups excluding carboxylic acids is 5. The second kappa shape index (κ2) is 17.6. The Balaban J connectivity index is 1.40. The molecule has 3 fully saturated rings. The number of amides is 2. The Morgan fingerprint density at radius 2 is 1.70 bits per heavy atom. The number of cyclic esters (lactones) is 1. The minimum Gasteiger partial charge on any atom is -0.464 e. The average molecular weight is 781 g/mol. The predicted octanol–water partition coefficient (Wildman–Crippen LogP) is 6.06. The van der Waals surface area contributed by atoms with Gasteiger partial charge in [-0.3, -0.25) is 19.2 Å². The van der Waals surface area contributed by atoms with Gasteiger partial charge in [0.25, 0.3) is 0 Å². The number of rotatable bonds is 9. The number of benzene rings is 1. The van der Waals surface area contributed by atoms with Gasteiger partial charge in [-0.25, -0.2) is 4.79 Å². The molecule has 3 saturated heterocycles. The summed E-state index contributed by atoms with van der Waals surface area (Å²) in [6.45, 7) is 16.4. The van der Waals surface area contributed by atoms with Crippen LogP contribution in [-0.4, -0.2) is 85.5 Å². The van der Waals surface area contributed by atoms with Crippen LogP contribution in [0.5, 0.6) is 0 Å². The third-order valence-electron chi connectivity index (χ3n) is 12.1. The van der Waals surface area contributed by atoms with E-state index >= 15 is 0 Å². The molecule has 3 aliphatic rings. The third kappa shape index (κ3) is 9.37. The number of Topliss-reactive ketones (excluding diaryl/α,β-unsaturated/α-hetero) is 2. The molecule has 308 valence electrons. The van der Waals surface area contributed by atoms with Gasteiger partial charge in [0.05, 0.1) is 30.9 Å². The molecular weight excluding hydrogens is 720 g/mol. The molecule has 2 amide bonds. The molecule has 12 atom stereocenters. The summed E-state index contributed by atoms with van der Waals surface area (Å²) in [5, 5.41) is 5.71. The number of fused-ring (bicyclic) bond motifs is 1. The largest absolute Gasteiger partial charge is 0.464 e. The molecule has 13 heteroatoms. The maximum Gasteiger partial charge on any atom is 0.408 e. The number of ether oxygens (including phenoxy) is 5. The molecular formula is C43H60N2O11. The molecule has 1 aromatic carbocycles. The van der Waals surface area contributed by atoms with Crippen molar-refractivity contribution in [3.8, 4) is 11.3 Å². The number of alkyl carbamates (subject to hydrolysis) is 1. The number of furan rings is 1. The van der Waals surface area contributed by atoms with Crippen molar-refractivity contribution < 1.29 is 52.1 Å². The predicted molar refractivity (Wildman–Crippen MR) is 206 cm³/mol. The van der Waals surface area contributed by atoms with E-state index in [0.29, 0.717) is 12.2 Å². The van der Waals surface area contributed by atoms with E-state index in [4.69, 9.17) is 28.1 Å². The van der Waals surface area contributed by atoms with Crippen LogP contribution < -0.4 is 10.6 Å². The van der Waals surface area contributed by atoms with Crippen molar-refractivity contribution in [2.45, 2.75) is 130 Å². The van der Waals surface area contributed by atoms with Crippen LogP contribution in [0.4, 0.5) is 4.79 Å². The molecule has 0 bridgehead atoms. The standard InChI is InChI=1S/C43H60N2O11/c1-23-19-25(3)53-40(36(23)51-10)55-38-27(5)35(48)28(6)39(49)54-32(16-17-44-33(46)21-29-13-11-14-30(20-29)31-15-12-18-52-31)43(9)37(45-41(50)56-43)26(4)34(47)24(2)22-42(38,7)8/h11-15,18,20,23-28,32,36-38,40H,16-17,19,21-22H2,1-10H3,(H,44,46)(H,45,50)/t23?,24-,25?,26+,27+,28-,32-,36?,37-,38-,40?,43-/m1/s1. The van der Waals surface area contributed by atoms with Crippen LogP contribution in [0.2, 0.25) is 0 Å². The molecule has 56 heavy (non-hydrogen) atoms. The van der Waals surface area contributed by atoms with Crippen LogP contribution in [0.1, 0.15) is 87.1 Å². The van der Waals surface area contributed by atoms with Crippen molar-refractivity contribution >= 4 is 29.5 Å². The zero-order valence-electron chi connectivity index (χ0n) is 34.4. The lowest BCUT2D eigenvalue weighted by atomic mass is 9.69. The van der Waals surface area contributed by atoms with E-state index in [-0.39, 0.29) is 43.1 Å². The number of hydrogen-bond donors (Lipinski definition) is 2. The van der Waals surface area contributed by atoms with Crippen LogP contribution >= 0.6 is 0 Å². The smallest absolute Gasteiger partial charge is 0.408 e. The average Bonchev–Trinajstić information content (AvgIpc) is 3.79. The van der Waals surface area contributed by atoms with E-state index in [9.17, 15) is 24.0 Å². The van der Waals surface area contributed by atoms with Gasteiger partial charge in [0.15, 0.2) is 17.7 Å². The molecule has 4 heterocycles. The monoisotopic (exact) mass is 780 g/mol. The summed E-state index contributed by atoms with van der Waals surface area (Å²) in [6.07, 6.45) is -1.14. The van der Waals surface area contributed by atoms with Gasteiger partial charge >= 0.3 is 12.1 Å². The van der Waals surface area contributed by atoms with Crippen molar-refractivity contribution in [2.24, 2.45) is 35.0 Å². The van der Waals surface area contributed by atoms with Crippen LogP contribution in [0.15, 0.2) is 47.1 Å². The first-order valence-electron chi connectivity index (χ1n) is 19.9. The van der Waals surface area contributed by atoms with Gasteiger partial charge in [-0.05, 0) is 68.7 Å². The normalized spacial score (nSPS) is 35.4. The number of nitrogens with one attached hydrogen (secondary N) is 2. The molecule has 2 N–H and O–H groups in total. The molecule has 2 aromatic rings. The van der Waals surface area contributed by atoms with Crippen molar-refractivity contribution in [3.63, 3.8) is 0 Å². The summed E-state index contributed by atoms with van der Waals surface area (Å²) in [5.74, 6) is -4.15. The van der Waals surface area contributed by atoms with E-state index in [1.54, 1.807) is 40.2 Å². The summed E-state index contributed by atoms with van der Waals surface area (Å²) >= 11 is 0. The summed E-state index contributed by atoms with van der Waals surface area (Å²) in [6, 6.07) is 10.2. The lowest BCUT2D eigenvalue weighted by molar-refractivity contribution is -0.288. The first-order chi connectivity index (χ1) is 26.4. The highest BCUT2D eigenvalue weighted by Gasteiger charge is 2.57. The first kappa shape index (κ1) is 43.1. The SMILES string of the molecule is COC1C(C)CC(C)OC1O[C@@H]1[C@@H](C)C(=O)[C@@H](C)C(=O)O[C@H](CCNC(=O)Cc2cccc(-c3ccco3)c2)[C@@]2(C)OC(=O)N[C@@H]2[C@@H](C)C(=O)[C@H](C)CC1(C)C. The van der Waals surface area contributed by atoms with Crippen LogP contribution in [0, 0.1) is 35.0 Å². The molecule has 0 saturated carbocycles. The van der Waals surface area contributed by atoms with Crippen LogP contribution in [0.25, 0.3) is 11.3 Å². The number of methoxy groups -OCH3 is 1. The Hall–Kier alpha value is -4.07. The minimum absolute atomic E-state index is 0.0331. The molecule has 0 radical (unpaired) electrons. The minimum atomic E-state index is -1.51. The van der Waals surface area contributed by atoms with Crippen molar-refractivity contribution in [3.05, 3.63) is 48.2 Å². The highest BCUT2D eigenvalue weighted by atomic mass is 16.7. The number of esters is 1. The zero-order chi connectivity index (χ0) is 41.1. The zero-order valence-corrected chi connectivity index (χ0v) is 34.4. The molecule has 5 rings (SSSR count).